The van der Waals surface area contributed by atoms with E-state index in [2.05, 4.69) is 5.32 Å². The molecular formula is C14H19N2O5. The topological polar surface area (TPSA) is 128 Å². The summed E-state index contributed by atoms with van der Waals surface area (Å²) in [6, 6.07) is 7.22. The molecule has 2 aliphatic heterocycles. The van der Waals surface area contributed by atoms with Gasteiger partial charge in [0.15, 0.2) is 5.60 Å². The van der Waals surface area contributed by atoms with Gasteiger partial charge in [0, 0.05) is 12.1 Å². The highest BCUT2D eigenvalue weighted by molar-refractivity contribution is 5.65. The number of para-hydroxylation sites is 1. The van der Waals surface area contributed by atoms with Crippen LogP contribution < -0.4 is 11.1 Å². The Hall–Kier alpha value is -1.22. The van der Waals surface area contributed by atoms with E-state index in [0.29, 0.717) is 5.69 Å². The maximum atomic E-state index is 10.9. The van der Waals surface area contributed by atoms with Gasteiger partial charge in [0.1, 0.15) is 24.0 Å². The Morgan fingerprint density at radius 3 is 2.71 bits per heavy atom. The van der Waals surface area contributed by atoms with Gasteiger partial charge in [0.25, 0.3) is 0 Å². The van der Waals surface area contributed by atoms with Crippen molar-refractivity contribution >= 4 is 5.69 Å². The van der Waals surface area contributed by atoms with Crippen LogP contribution in [0.1, 0.15) is 5.56 Å². The number of fused-ring (bicyclic) bond motifs is 1. The summed E-state index contributed by atoms with van der Waals surface area (Å²) in [5.74, 6) is 0. The van der Waals surface area contributed by atoms with Gasteiger partial charge in [0.2, 0.25) is 0 Å². The van der Waals surface area contributed by atoms with E-state index in [4.69, 9.17) is 10.5 Å². The van der Waals surface area contributed by atoms with Crippen LogP contribution in [0.15, 0.2) is 24.3 Å². The van der Waals surface area contributed by atoms with Crippen LogP contribution in [0, 0.1) is 6.42 Å². The molecule has 0 amide bonds. The van der Waals surface area contributed by atoms with Crippen molar-refractivity contribution < 1.29 is 25.2 Å². The zero-order chi connectivity index (χ0) is 15.3. The molecule has 1 aromatic rings. The third-order valence-corrected chi connectivity index (χ3v) is 4.31. The molecule has 0 spiro atoms. The van der Waals surface area contributed by atoms with Crippen LogP contribution in [-0.4, -0.2) is 63.2 Å². The molecule has 7 heteroatoms. The number of rotatable bonds is 2. The summed E-state index contributed by atoms with van der Waals surface area (Å²) in [5, 5.41) is 43.6. The van der Waals surface area contributed by atoms with Crippen molar-refractivity contribution in [2.24, 2.45) is 5.73 Å². The quantitative estimate of drug-likeness (QED) is 0.378. The second-order valence-corrected chi connectivity index (χ2v) is 5.57. The predicted octanol–water partition coefficient (Wildman–Crippen LogP) is -1.84. The predicted molar refractivity (Wildman–Crippen MR) is 74.2 cm³/mol. The fourth-order valence-electron chi connectivity index (χ4n) is 3.04. The number of benzene rings is 1. The van der Waals surface area contributed by atoms with E-state index in [9.17, 15) is 20.4 Å². The maximum Gasteiger partial charge on any atom is 0.157 e. The van der Waals surface area contributed by atoms with E-state index in [1.165, 1.54) is 0 Å². The lowest BCUT2D eigenvalue weighted by Crippen LogP contribution is -2.78. The van der Waals surface area contributed by atoms with E-state index in [0.717, 1.165) is 5.56 Å². The van der Waals surface area contributed by atoms with E-state index >= 15 is 0 Å². The molecule has 1 fully saturated rings. The normalized spacial score (nSPS) is 42.4. The smallest absolute Gasteiger partial charge is 0.157 e. The molecule has 0 saturated carbocycles. The Morgan fingerprint density at radius 1 is 1.33 bits per heavy atom. The largest absolute Gasteiger partial charge is 0.394 e. The van der Waals surface area contributed by atoms with E-state index in [1.54, 1.807) is 12.5 Å². The van der Waals surface area contributed by atoms with Gasteiger partial charge in [-0.25, -0.2) is 0 Å². The van der Waals surface area contributed by atoms with Gasteiger partial charge in [-0.2, -0.15) is 0 Å². The number of ether oxygens (including phenoxy) is 1. The van der Waals surface area contributed by atoms with Gasteiger partial charge in [-0.3, -0.25) is 0 Å². The number of aliphatic hydroxyl groups is 4. The van der Waals surface area contributed by atoms with Crippen molar-refractivity contribution in [1.82, 2.24) is 0 Å². The van der Waals surface area contributed by atoms with Crippen molar-refractivity contribution in [3.8, 4) is 0 Å². The zero-order valence-corrected chi connectivity index (χ0v) is 11.3. The lowest BCUT2D eigenvalue weighted by Gasteiger charge is -2.52. The molecule has 21 heavy (non-hydrogen) atoms. The minimum Gasteiger partial charge on any atom is -0.394 e. The molecule has 1 radical (unpaired) electrons. The van der Waals surface area contributed by atoms with Crippen molar-refractivity contribution in [1.29, 1.82) is 0 Å². The second-order valence-electron chi connectivity index (χ2n) is 5.57. The standard InChI is InChI=1S/C14H19N2O5/c15-13(5-8-3-1-2-4-9(8)16-13)14(20)11(18)7-21-10(6-17)12(14)19/h1-5,10-12,16-20H,6-7,15H2/t10-,11-,12-,13?,14+/m1/s1. The van der Waals surface area contributed by atoms with E-state index in [1.807, 2.05) is 18.2 Å². The van der Waals surface area contributed by atoms with Crippen LogP contribution in [0.2, 0.25) is 0 Å². The van der Waals surface area contributed by atoms with Crippen molar-refractivity contribution in [3.05, 3.63) is 36.2 Å². The summed E-state index contributed by atoms with van der Waals surface area (Å²) < 4.78 is 5.12. The first-order valence-electron chi connectivity index (χ1n) is 6.75. The lowest BCUT2D eigenvalue weighted by atomic mass is 9.74. The highest BCUT2D eigenvalue weighted by Crippen LogP contribution is 2.42. The second kappa shape index (κ2) is 4.91. The summed E-state index contributed by atoms with van der Waals surface area (Å²) in [6.07, 6.45) is -2.40. The van der Waals surface area contributed by atoms with E-state index in [-0.39, 0.29) is 6.61 Å². The molecule has 0 aromatic heterocycles. The molecule has 7 nitrogen and oxygen atoms in total. The number of nitrogens with two attached hydrogens (primary N) is 1. The van der Waals surface area contributed by atoms with Crippen LogP contribution in [0.5, 0.6) is 0 Å². The fourth-order valence-corrected chi connectivity index (χ4v) is 3.04. The van der Waals surface area contributed by atoms with E-state index < -0.39 is 36.2 Å². The Kier molecular flexibility index (Phi) is 3.44. The third-order valence-electron chi connectivity index (χ3n) is 4.31. The maximum absolute atomic E-state index is 10.9. The molecular weight excluding hydrogens is 276 g/mol. The van der Waals surface area contributed by atoms with Crippen LogP contribution in [-0.2, 0) is 4.74 Å². The SMILES string of the molecule is NC1([C@]2(O)[C@H](O)CO[C@H](CO)[C@H]2O)[CH]c2ccccc2N1. The Bertz CT molecular complexity index is 515. The van der Waals surface area contributed by atoms with Crippen LogP contribution in [0.3, 0.4) is 0 Å². The summed E-state index contributed by atoms with van der Waals surface area (Å²) in [5.41, 5.74) is 4.02. The van der Waals surface area contributed by atoms with Gasteiger partial charge in [0.05, 0.1) is 13.2 Å². The molecule has 5 atom stereocenters. The average Bonchev–Trinajstić information content (AvgIpc) is 2.82. The van der Waals surface area contributed by atoms with Gasteiger partial charge in [-0.1, -0.05) is 18.2 Å². The molecule has 1 unspecified atom stereocenters. The molecule has 1 aromatic carbocycles. The average molecular weight is 295 g/mol. The van der Waals surface area contributed by atoms with Gasteiger partial charge in [-0.05, 0) is 11.6 Å². The highest BCUT2D eigenvalue weighted by atomic mass is 16.5. The van der Waals surface area contributed by atoms with Crippen molar-refractivity contribution in [3.63, 3.8) is 0 Å². The van der Waals surface area contributed by atoms with Gasteiger partial charge >= 0.3 is 0 Å². The minimum absolute atomic E-state index is 0.233. The van der Waals surface area contributed by atoms with Crippen molar-refractivity contribution in [2.75, 3.05) is 18.5 Å². The Morgan fingerprint density at radius 2 is 2.05 bits per heavy atom. The Labute approximate surface area is 122 Å². The van der Waals surface area contributed by atoms with Crippen LogP contribution in [0.25, 0.3) is 0 Å². The van der Waals surface area contributed by atoms with Crippen molar-refractivity contribution in [2.45, 2.75) is 29.6 Å². The monoisotopic (exact) mass is 295 g/mol. The third kappa shape index (κ3) is 1.97. The van der Waals surface area contributed by atoms with Gasteiger partial charge < -0.3 is 36.2 Å². The summed E-state index contributed by atoms with van der Waals surface area (Å²) in [7, 11) is 0. The molecule has 0 bridgehead atoms. The van der Waals surface area contributed by atoms with Crippen LogP contribution in [0.4, 0.5) is 5.69 Å². The zero-order valence-electron chi connectivity index (χ0n) is 11.3. The fraction of sp³-hybridized carbons (Fsp3) is 0.500. The van der Waals surface area contributed by atoms with Crippen LogP contribution >= 0.6 is 0 Å². The first-order valence-corrected chi connectivity index (χ1v) is 6.75. The summed E-state index contributed by atoms with van der Waals surface area (Å²) in [4.78, 5) is 0. The molecule has 115 valence electrons. The first kappa shape index (κ1) is 14.7. The van der Waals surface area contributed by atoms with Gasteiger partial charge in [-0.15, -0.1) is 0 Å². The lowest BCUT2D eigenvalue weighted by molar-refractivity contribution is -0.262. The number of hydrogen-bond donors (Lipinski definition) is 6. The molecule has 1 saturated heterocycles. The molecule has 7 N–H and O–H groups in total. The summed E-state index contributed by atoms with van der Waals surface area (Å²) in [6.45, 7) is -0.719. The first-order chi connectivity index (χ1) is 9.92. The molecule has 2 heterocycles. The molecule has 3 rings (SSSR count). The molecule has 0 aliphatic carbocycles. The molecule has 2 aliphatic rings. The number of hydrogen-bond acceptors (Lipinski definition) is 7. The minimum atomic E-state index is -2.10. The number of anilines is 1. The number of nitrogens with one attached hydrogen (secondary N) is 1. The Balaban J connectivity index is 1.97. The highest BCUT2D eigenvalue weighted by Gasteiger charge is 2.63. The number of aliphatic hydroxyl groups excluding tert-OH is 3. The summed E-state index contributed by atoms with van der Waals surface area (Å²) >= 11 is 0.